The van der Waals surface area contributed by atoms with Gasteiger partial charge in [0.25, 0.3) is 0 Å². The average molecular weight is 231 g/mol. The first-order valence-electron chi connectivity index (χ1n) is 5.62. The van der Waals surface area contributed by atoms with E-state index in [4.69, 9.17) is 14.7 Å². The molecule has 0 radical (unpaired) electrons. The number of ether oxygens (including phenoxy) is 1. The van der Waals surface area contributed by atoms with E-state index in [1.807, 2.05) is 20.8 Å². The monoisotopic (exact) mass is 231 g/mol. The molecule has 94 valence electrons. The van der Waals surface area contributed by atoms with Gasteiger partial charge in [-0.25, -0.2) is 5.06 Å². The lowest BCUT2D eigenvalue weighted by molar-refractivity contribution is -0.224. The number of hydrogen-bond acceptors (Lipinski definition) is 4. The van der Waals surface area contributed by atoms with E-state index in [-0.39, 0.29) is 18.8 Å². The number of carbonyl (C=O) groups excluding carboxylic acids is 1. The first kappa shape index (κ1) is 13.4. The molecule has 1 saturated heterocycles. The zero-order valence-corrected chi connectivity index (χ0v) is 10.2. The van der Waals surface area contributed by atoms with Gasteiger partial charge in [-0.15, -0.1) is 0 Å². The zero-order chi connectivity index (χ0) is 12.2. The molecular weight excluding hydrogens is 210 g/mol. The van der Waals surface area contributed by atoms with Crippen molar-refractivity contribution in [2.24, 2.45) is 0 Å². The second-order valence-corrected chi connectivity index (χ2v) is 5.05. The maximum absolute atomic E-state index is 10.8. The van der Waals surface area contributed by atoms with Gasteiger partial charge in [-0.1, -0.05) is 0 Å². The fraction of sp³-hybridized carbons (Fsp3) is 0.909. The van der Waals surface area contributed by atoms with Gasteiger partial charge in [-0.3, -0.25) is 9.63 Å². The van der Waals surface area contributed by atoms with E-state index in [1.54, 1.807) is 0 Å². The highest BCUT2D eigenvalue weighted by Crippen LogP contribution is 2.20. The molecule has 2 atom stereocenters. The van der Waals surface area contributed by atoms with Crippen LogP contribution in [0.5, 0.6) is 0 Å². The highest BCUT2D eigenvalue weighted by molar-refractivity contribution is 5.45. The van der Waals surface area contributed by atoms with Crippen LogP contribution in [0.1, 0.15) is 33.6 Å². The van der Waals surface area contributed by atoms with Crippen LogP contribution >= 0.6 is 0 Å². The minimum absolute atomic E-state index is 0.0373. The van der Waals surface area contributed by atoms with E-state index in [0.29, 0.717) is 13.0 Å². The lowest BCUT2D eigenvalue weighted by Gasteiger charge is -2.28. The Morgan fingerprint density at radius 3 is 2.50 bits per heavy atom. The van der Waals surface area contributed by atoms with Crippen LogP contribution in [0.4, 0.5) is 0 Å². The molecule has 1 aliphatic rings. The van der Waals surface area contributed by atoms with Crippen molar-refractivity contribution in [2.75, 3.05) is 13.2 Å². The molecule has 1 fully saturated rings. The van der Waals surface area contributed by atoms with E-state index in [2.05, 4.69) is 0 Å². The lowest BCUT2D eigenvalue weighted by atomic mass is 10.2. The van der Waals surface area contributed by atoms with Crippen molar-refractivity contribution in [3.05, 3.63) is 0 Å². The summed E-state index contributed by atoms with van der Waals surface area (Å²) in [5, 5.41) is 10.2. The Bertz CT molecular complexity index is 227. The average Bonchev–Trinajstić information content (AvgIpc) is 2.62. The van der Waals surface area contributed by atoms with E-state index in [9.17, 15) is 4.79 Å². The molecule has 0 aromatic carbocycles. The molecule has 0 saturated carbocycles. The van der Waals surface area contributed by atoms with Gasteiger partial charge < -0.3 is 9.84 Å². The smallest absolute Gasteiger partial charge is 0.233 e. The molecule has 0 aromatic heterocycles. The van der Waals surface area contributed by atoms with Gasteiger partial charge in [-0.05, 0) is 33.6 Å². The maximum Gasteiger partial charge on any atom is 0.233 e. The molecule has 1 heterocycles. The quantitative estimate of drug-likeness (QED) is 0.559. The van der Waals surface area contributed by atoms with Crippen molar-refractivity contribution in [1.82, 2.24) is 5.06 Å². The Kier molecular flexibility index (Phi) is 4.70. The molecule has 1 rings (SSSR count). The van der Waals surface area contributed by atoms with Gasteiger partial charge in [0, 0.05) is 0 Å². The number of carbonyl (C=O) groups is 1. The SMILES string of the molecule is CC(C)(C)ON(C=O)CC1CCC(CO)O1. The molecule has 1 amide bonds. The van der Waals surface area contributed by atoms with E-state index in [0.717, 1.165) is 12.8 Å². The highest BCUT2D eigenvalue weighted by atomic mass is 16.7. The maximum atomic E-state index is 10.8. The van der Waals surface area contributed by atoms with Gasteiger partial charge in [0.2, 0.25) is 6.41 Å². The predicted molar refractivity (Wildman–Crippen MR) is 58.6 cm³/mol. The Morgan fingerprint density at radius 1 is 1.44 bits per heavy atom. The zero-order valence-electron chi connectivity index (χ0n) is 10.2. The van der Waals surface area contributed by atoms with Crippen molar-refractivity contribution in [3.8, 4) is 0 Å². The minimum Gasteiger partial charge on any atom is -0.394 e. The van der Waals surface area contributed by atoms with E-state index < -0.39 is 5.60 Å². The van der Waals surface area contributed by atoms with E-state index in [1.165, 1.54) is 5.06 Å². The topological polar surface area (TPSA) is 59.0 Å². The van der Waals surface area contributed by atoms with Crippen molar-refractivity contribution in [2.45, 2.75) is 51.4 Å². The summed E-state index contributed by atoms with van der Waals surface area (Å²) in [5.41, 5.74) is -0.393. The van der Waals surface area contributed by atoms with Crippen LogP contribution in [0.15, 0.2) is 0 Å². The molecule has 1 N–H and O–H groups in total. The molecule has 0 aliphatic carbocycles. The number of hydrogen-bond donors (Lipinski definition) is 1. The summed E-state index contributed by atoms with van der Waals surface area (Å²) in [5.74, 6) is 0. The summed E-state index contributed by atoms with van der Waals surface area (Å²) in [6.07, 6.45) is 2.23. The molecule has 0 bridgehead atoms. The number of hydroxylamine groups is 2. The third kappa shape index (κ3) is 4.47. The molecule has 5 heteroatoms. The summed E-state index contributed by atoms with van der Waals surface area (Å²) in [6, 6.07) is 0. The summed E-state index contributed by atoms with van der Waals surface area (Å²) < 4.78 is 5.53. The lowest BCUT2D eigenvalue weighted by Crippen LogP contribution is -2.38. The first-order valence-corrected chi connectivity index (χ1v) is 5.62. The Balaban J connectivity index is 2.37. The van der Waals surface area contributed by atoms with Gasteiger partial charge in [-0.2, -0.15) is 0 Å². The van der Waals surface area contributed by atoms with Crippen LogP contribution in [0.25, 0.3) is 0 Å². The van der Waals surface area contributed by atoms with Crippen LogP contribution in [0.2, 0.25) is 0 Å². The number of aliphatic hydroxyl groups excluding tert-OH is 1. The van der Waals surface area contributed by atoms with E-state index >= 15 is 0 Å². The predicted octanol–water partition coefficient (Wildman–Crippen LogP) is 0.715. The van der Waals surface area contributed by atoms with Crippen molar-refractivity contribution in [3.63, 3.8) is 0 Å². The standard InChI is InChI=1S/C11H21NO4/c1-11(2,3)16-12(8-14)6-9-4-5-10(7-13)15-9/h8-10,13H,4-7H2,1-3H3. The fourth-order valence-electron chi connectivity index (χ4n) is 1.70. The third-order valence-electron chi connectivity index (χ3n) is 2.29. The van der Waals surface area contributed by atoms with Crippen molar-refractivity contribution >= 4 is 6.41 Å². The Morgan fingerprint density at radius 2 is 2.06 bits per heavy atom. The highest BCUT2D eigenvalue weighted by Gasteiger charge is 2.27. The van der Waals surface area contributed by atoms with Crippen LogP contribution in [0, 0.1) is 0 Å². The summed E-state index contributed by atoms with van der Waals surface area (Å²) in [7, 11) is 0. The number of aliphatic hydroxyl groups is 1. The summed E-state index contributed by atoms with van der Waals surface area (Å²) >= 11 is 0. The normalized spacial score (nSPS) is 25.8. The second-order valence-electron chi connectivity index (χ2n) is 5.05. The Labute approximate surface area is 96.3 Å². The van der Waals surface area contributed by atoms with Gasteiger partial charge >= 0.3 is 0 Å². The van der Waals surface area contributed by atoms with Crippen LogP contribution in [0.3, 0.4) is 0 Å². The molecule has 5 nitrogen and oxygen atoms in total. The molecule has 2 unspecified atom stereocenters. The first-order chi connectivity index (χ1) is 7.44. The summed E-state index contributed by atoms with van der Waals surface area (Å²) in [4.78, 5) is 16.3. The van der Waals surface area contributed by atoms with Crippen LogP contribution in [-0.4, -0.2) is 47.5 Å². The van der Waals surface area contributed by atoms with Gasteiger partial charge in [0.1, 0.15) is 0 Å². The van der Waals surface area contributed by atoms with Crippen LogP contribution < -0.4 is 0 Å². The third-order valence-corrected chi connectivity index (χ3v) is 2.29. The number of nitrogens with zero attached hydrogens (tertiary/aromatic N) is 1. The van der Waals surface area contributed by atoms with Crippen molar-refractivity contribution < 1.29 is 19.5 Å². The summed E-state index contributed by atoms with van der Waals surface area (Å²) in [6.45, 7) is 6.11. The second kappa shape index (κ2) is 5.61. The molecule has 1 aliphatic heterocycles. The largest absolute Gasteiger partial charge is 0.394 e. The fourth-order valence-corrected chi connectivity index (χ4v) is 1.70. The number of rotatable bonds is 5. The molecule has 0 aromatic rings. The van der Waals surface area contributed by atoms with Gasteiger partial charge in [0.15, 0.2) is 0 Å². The minimum atomic E-state index is -0.393. The van der Waals surface area contributed by atoms with Crippen molar-refractivity contribution in [1.29, 1.82) is 0 Å². The van der Waals surface area contributed by atoms with Crippen LogP contribution in [-0.2, 0) is 14.4 Å². The molecular formula is C11H21NO4. The molecule has 0 spiro atoms. The Hall–Kier alpha value is -0.650. The van der Waals surface area contributed by atoms with Gasteiger partial charge in [0.05, 0.1) is 31.0 Å². The number of amides is 1. The molecule has 16 heavy (non-hydrogen) atoms.